The third kappa shape index (κ3) is 6.94. The Morgan fingerprint density at radius 1 is 1.20 bits per heavy atom. The van der Waals surface area contributed by atoms with Gasteiger partial charge in [-0.15, -0.1) is 22.0 Å². The SMILES string of the molecule is CCN1CCN(C(=O)NC(C(=O)N[C@]2(NC=O)C(=O)N3C(C(=O)O)=C(CSc4nncs4)CS[C@@H]32)c2cccc(OC(C)=O)c2)C(=O)C1=O. The number of imide groups is 1. The first-order valence-corrected chi connectivity index (χ1v) is 17.4. The number of amides is 7. The minimum atomic E-state index is -2.14. The fourth-order valence-corrected chi connectivity index (χ4v) is 8.40. The van der Waals surface area contributed by atoms with Gasteiger partial charge in [-0.25, -0.2) is 9.59 Å². The summed E-state index contributed by atoms with van der Waals surface area (Å²) in [4.78, 5) is 105. The van der Waals surface area contributed by atoms with Gasteiger partial charge in [0.15, 0.2) is 4.34 Å². The van der Waals surface area contributed by atoms with Gasteiger partial charge in [-0.3, -0.25) is 38.6 Å². The lowest BCUT2D eigenvalue weighted by Crippen LogP contribution is -2.85. The van der Waals surface area contributed by atoms with E-state index >= 15 is 0 Å². The van der Waals surface area contributed by atoms with E-state index in [1.807, 2.05) is 0 Å². The molecule has 2 saturated heterocycles. The monoisotopic (exact) mass is 732 g/mol. The molecular formula is C28H28N8O10S3. The number of esters is 1. The summed E-state index contributed by atoms with van der Waals surface area (Å²) in [7, 11) is 0. The number of β-lactam (4-membered cyclic amide) rings is 1. The lowest BCUT2D eigenvalue weighted by atomic mass is 9.94. The number of hydrogen-bond donors (Lipinski definition) is 4. The molecule has 0 spiro atoms. The number of thioether (sulfide) groups is 2. The summed E-state index contributed by atoms with van der Waals surface area (Å²) in [6, 6.07) is 2.72. The molecule has 3 aliphatic heterocycles. The minimum Gasteiger partial charge on any atom is -0.477 e. The molecule has 7 amide bonds. The van der Waals surface area contributed by atoms with Crippen LogP contribution in [0.3, 0.4) is 0 Å². The van der Waals surface area contributed by atoms with E-state index in [-0.39, 0.29) is 54.6 Å². The highest BCUT2D eigenvalue weighted by molar-refractivity contribution is 8.01. The van der Waals surface area contributed by atoms with Crippen LogP contribution in [-0.2, 0) is 33.6 Å². The molecule has 0 radical (unpaired) electrons. The summed E-state index contributed by atoms with van der Waals surface area (Å²) >= 11 is 3.59. The third-order valence-corrected chi connectivity index (χ3v) is 10.9. The highest BCUT2D eigenvalue weighted by atomic mass is 32.2. The molecule has 1 unspecified atom stereocenters. The van der Waals surface area contributed by atoms with Crippen LogP contribution in [0.4, 0.5) is 4.79 Å². The second kappa shape index (κ2) is 14.6. The van der Waals surface area contributed by atoms with E-state index in [0.29, 0.717) is 14.8 Å². The Hall–Kier alpha value is -5.02. The molecule has 4 N–H and O–H groups in total. The van der Waals surface area contributed by atoms with E-state index in [4.69, 9.17) is 4.74 Å². The Kier molecular flexibility index (Phi) is 10.5. The number of nitrogens with one attached hydrogen (secondary N) is 3. The summed E-state index contributed by atoms with van der Waals surface area (Å²) in [5.74, 6) is -5.81. The summed E-state index contributed by atoms with van der Waals surface area (Å²) in [6.07, 6.45) is 0.174. The molecule has 3 atom stereocenters. The van der Waals surface area contributed by atoms with Gasteiger partial charge < -0.3 is 30.7 Å². The largest absolute Gasteiger partial charge is 0.477 e. The van der Waals surface area contributed by atoms with E-state index < -0.39 is 58.7 Å². The van der Waals surface area contributed by atoms with E-state index in [2.05, 4.69) is 26.1 Å². The van der Waals surface area contributed by atoms with Crippen LogP contribution in [0.2, 0.25) is 0 Å². The van der Waals surface area contributed by atoms with Gasteiger partial charge in [-0.2, -0.15) is 0 Å². The molecule has 49 heavy (non-hydrogen) atoms. The number of piperazine rings is 1. The lowest BCUT2D eigenvalue weighted by molar-refractivity contribution is -0.163. The maximum Gasteiger partial charge on any atom is 0.352 e. The number of carboxylic acid groups (broad SMARTS) is 1. The Labute approximate surface area is 290 Å². The standard InChI is InChI=1S/C28H28N8O10S3/c1-3-34-7-8-35(22(41)21(34)40)26(45)31-18(15-5-4-6-17(9-15)46-14(2)38)20(39)32-28(29-12-37)24(44)36-19(23(42)43)16(10-47-25(28)36)11-48-27-33-30-13-49-27/h4-6,9,12-13,18,25H,3,7-8,10-11H2,1-2H3,(H,29,37)(H,31,45)(H,32,39)(H,42,43)/t18?,25-,28-/m1/s1. The van der Waals surface area contributed by atoms with Crippen molar-refractivity contribution >= 4 is 82.9 Å². The van der Waals surface area contributed by atoms with Crippen LogP contribution in [0, 0.1) is 0 Å². The quantitative estimate of drug-likeness (QED) is 0.0410. The molecule has 1 aromatic carbocycles. The normalized spacial score (nSPS) is 21.0. The van der Waals surface area contributed by atoms with Crippen LogP contribution in [0.25, 0.3) is 0 Å². The lowest BCUT2D eigenvalue weighted by Gasteiger charge is -2.56. The molecular weight excluding hydrogens is 705 g/mol. The Morgan fingerprint density at radius 3 is 2.63 bits per heavy atom. The molecule has 258 valence electrons. The summed E-state index contributed by atoms with van der Waals surface area (Å²) < 4.78 is 5.71. The van der Waals surface area contributed by atoms with Gasteiger partial charge in [0.2, 0.25) is 18.0 Å². The second-order valence-electron chi connectivity index (χ2n) is 10.5. The third-order valence-electron chi connectivity index (χ3n) is 7.59. The van der Waals surface area contributed by atoms with Crippen molar-refractivity contribution in [2.75, 3.05) is 31.1 Å². The van der Waals surface area contributed by atoms with Gasteiger partial charge in [0.25, 0.3) is 5.91 Å². The predicted octanol–water partition coefficient (Wildman–Crippen LogP) is -0.491. The number of benzene rings is 1. The van der Waals surface area contributed by atoms with Crippen molar-refractivity contribution in [3.8, 4) is 5.75 Å². The summed E-state index contributed by atoms with van der Waals surface area (Å²) in [6.45, 7) is 2.96. The van der Waals surface area contributed by atoms with Crippen LogP contribution >= 0.6 is 34.9 Å². The number of carbonyl (C=O) groups is 8. The van der Waals surface area contributed by atoms with Gasteiger partial charge in [0, 0.05) is 38.1 Å². The number of rotatable bonds is 12. The molecule has 3 aliphatic rings. The average molecular weight is 733 g/mol. The van der Waals surface area contributed by atoms with Crippen molar-refractivity contribution < 1.29 is 48.2 Å². The zero-order valence-corrected chi connectivity index (χ0v) is 28.2. The molecule has 18 nitrogen and oxygen atoms in total. The second-order valence-corrected chi connectivity index (χ2v) is 13.7. The van der Waals surface area contributed by atoms with E-state index in [1.54, 1.807) is 6.92 Å². The zero-order chi connectivity index (χ0) is 35.5. The number of urea groups is 1. The maximum atomic E-state index is 14.1. The Bertz CT molecular complexity index is 1750. The first-order chi connectivity index (χ1) is 23.4. The van der Waals surface area contributed by atoms with Gasteiger partial charge in [0.05, 0.1) is 0 Å². The van der Waals surface area contributed by atoms with Crippen LogP contribution < -0.4 is 20.7 Å². The van der Waals surface area contributed by atoms with Crippen molar-refractivity contribution in [1.29, 1.82) is 0 Å². The molecule has 0 saturated carbocycles. The summed E-state index contributed by atoms with van der Waals surface area (Å²) in [5, 5.41) is 23.9. The Morgan fingerprint density at radius 2 is 1.98 bits per heavy atom. The minimum absolute atomic E-state index is 0.00416. The van der Waals surface area contributed by atoms with Crippen molar-refractivity contribution in [1.82, 2.24) is 40.8 Å². The number of nitrogens with zero attached hydrogens (tertiary/aromatic N) is 5. The molecule has 0 aliphatic carbocycles. The number of fused-ring (bicyclic) bond motifs is 1. The number of hydrogen-bond acceptors (Lipinski definition) is 14. The smallest absolute Gasteiger partial charge is 0.352 e. The molecule has 2 aromatic rings. The van der Waals surface area contributed by atoms with Gasteiger partial charge >= 0.3 is 29.8 Å². The van der Waals surface area contributed by atoms with Gasteiger partial charge in [0.1, 0.15) is 28.4 Å². The highest BCUT2D eigenvalue weighted by Crippen LogP contribution is 2.46. The van der Waals surface area contributed by atoms with Crippen LogP contribution in [0.15, 0.2) is 45.4 Å². The van der Waals surface area contributed by atoms with Gasteiger partial charge in [-0.05, 0) is 30.2 Å². The fraction of sp³-hybridized carbons (Fsp3) is 0.357. The van der Waals surface area contributed by atoms with Crippen molar-refractivity contribution in [2.45, 2.75) is 35.3 Å². The molecule has 2 fully saturated rings. The molecule has 21 heteroatoms. The number of likely N-dealkylation sites (N-methyl/N-ethyl adjacent to an activating group) is 1. The topological polar surface area (TPSA) is 238 Å². The predicted molar refractivity (Wildman–Crippen MR) is 171 cm³/mol. The van der Waals surface area contributed by atoms with E-state index in [9.17, 15) is 43.5 Å². The van der Waals surface area contributed by atoms with Crippen LogP contribution in [0.1, 0.15) is 25.5 Å². The van der Waals surface area contributed by atoms with Crippen molar-refractivity contribution in [3.63, 3.8) is 0 Å². The first-order valence-electron chi connectivity index (χ1n) is 14.4. The maximum absolute atomic E-state index is 14.1. The number of carboxylic acids is 1. The molecule has 4 heterocycles. The van der Waals surface area contributed by atoms with Gasteiger partial charge in [-0.1, -0.05) is 35.2 Å². The number of aromatic nitrogens is 2. The number of carbonyl (C=O) groups excluding carboxylic acids is 7. The first kappa shape index (κ1) is 35.3. The summed E-state index contributed by atoms with van der Waals surface area (Å²) in [5.41, 5.74) is -0.483. The van der Waals surface area contributed by atoms with Crippen LogP contribution in [0.5, 0.6) is 5.75 Å². The number of ether oxygens (including phenoxy) is 1. The Balaban J connectivity index is 1.44. The fourth-order valence-electron chi connectivity index (χ4n) is 5.34. The zero-order valence-electron chi connectivity index (χ0n) is 25.7. The molecule has 1 aromatic heterocycles. The number of aliphatic carboxylic acids is 1. The van der Waals surface area contributed by atoms with Crippen LogP contribution in [-0.4, -0.2) is 120 Å². The molecule has 5 rings (SSSR count). The van der Waals surface area contributed by atoms with Crippen molar-refractivity contribution in [2.24, 2.45) is 0 Å². The van der Waals surface area contributed by atoms with Crippen molar-refractivity contribution in [3.05, 3.63) is 46.6 Å². The highest BCUT2D eigenvalue weighted by Gasteiger charge is 2.66. The van der Waals surface area contributed by atoms with E-state index in [0.717, 1.165) is 23.6 Å². The average Bonchev–Trinajstić information content (AvgIpc) is 3.60. The molecule has 0 bridgehead atoms. The van der Waals surface area contributed by atoms with E-state index in [1.165, 1.54) is 57.8 Å².